The Bertz CT molecular complexity index is 737. The molecule has 0 spiro atoms. The topological polar surface area (TPSA) is 42.9 Å². The molecule has 1 atom stereocenters. The van der Waals surface area contributed by atoms with Crippen LogP contribution in [0.4, 0.5) is 0 Å². The number of Topliss-reactive ketones (excluding diaryl/α,β-unsaturated/α-hetero) is 1. The van der Waals surface area contributed by atoms with Crippen LogP contribution in [0.25, 0.3) is 11.3 Å². The van der Waals surface area contributed by atoms with Gasteiger partial charge in [-0.2, -0.15) is 0 Å². The number of nitrogens with zero attached hydrogens (tertiary/aromatic N) is 2. The number of hydrogen-bond donors (Lipinski definition) is 0. The molecular weight excluding hydrogens is 380 g/mol. The molecule has 1 heterocycles. The van der Waals surface area contributed by atoms with Gasteiger partial charge in [-0.3, -0.25) is 14.8 Å². The lowest BCUT2D eigenvalue weighted by Gasteiger charge is -2.08. The number of carbonyl (C=O) groups excluding carboxylic acids is 1. The highest BCUT2D eigenvalue weighted by Crippen LogP contribution is 2.19. The lowest BCUT2D eigenvalue weighted by atomic mass is 9.97. The molecule has 0 radical (unpaired) electrons. The van der Waals surface area contributed by atoms with Gasteiger partial charge in [0.05, 0.1) is 17.6 Å². The first-order valence-corrected chi connectivity index (χ1v) is 12.6. The van der Waals surface area contributed by atoms with Gasteiger partial charge in [0.15, 0.2) is 5.78 Å². The Hall–Kier alpha value is -2.03. The third kappa shape index (κ3) is 9.76. The van der Waals surface area contributed by atoms with Gasteiger partial charge < -0.3 is 0 Å². The fraction of sp³-hybridized carbons (Fsp3) is 0.607. The summed E-state index contributed by atoms with van der Waals surface area (Å²) in [6, 6.07) is 7.80. The van der Waals surface area contributed by atoms with Gasteiger partial charge >= 0.3 is 0 Å². The summed E-state index contributed by atoms with van der Waals surface area (Å²) >= 11 is 0. The first-order valence-electron chi connectivity index (χ1n) is 12.6. The van der Waals surface area contributed by atoms with E-state index in [1.54, 1.807) is 0 Å². The largest absolute Gasteiger partial charge is 0.294 e. The monoisotopic (exact) mass is 422 g/mol. The van der Waals surface area contributed by atoms with Crippen LogP contribution >= 0.6 is 0 Å². The van der Waals surface area contributed by atoms with Crippen LogP contribution in [0.1, 0.15) is 114 Å². The van der Waals surface area contributed by atoms with Crippen molar-refractivity contribution in [2.24, 2.45) is 5.92 Å². The van der Waals surface area contributed by atoms with Crippen molar-refractivity contribution < 1.29 is 4.79 Å². The van der Waals surface area contributed by atoms with Crippen LogP contribution in [0.2, 0.25) is 0 Å². The minimum absolute atomic E-state index is 0.221. The number of ketones is 1. The van der Waals surface area contributed by atoms with Crippen molar-refractivity contribution in [3.05, 3.63) is 47.9 Å². The van der Waals surface area contributed by atoms with Crippen molar-refractivity contribution in [1.29, 1.82) is 0 Å². The van der Waals surface area contributed by atoms with Crippen molar-refractivity contribution in [3.63, 3.8) is 0 Å². The predicted molar refractivity (Wildman–Crippen MR) is 131 cm³/mol. The van der Waals surface area contributed by atoms with Gasteiger partial charge in [-0.25, -0.2) is 0 Å². The van der Waals surface area contributed by atoms with Crippen molar-refractivity contribution in [2.75, 3.05) is 0 Å². The van der Waals surface area contributed by atoms with Crippen LogP contribution < -0.4 is 0 Å². The van der Waals surface area contributed by atoms with E-state index in [-0.39, 0.29) is 5.78 Å². The van der Waals surface area contributed by atoms with E-state index < -0.39 is 0 Å². The highest BCUT2D eigenvalue weighted by Gasteiger charge is 2.10. The molecule has 1 unspecified atom stereocenters. The molecule has 0 aliphatic rings. The molecule has 3 heteroatoms. The Labute approximate surface area is 190 Å². The molecule has 0 bridgehead atoms. The van der Waals surface area contributed by atoms with E-state index in [1.165, 1.54) is 64.2 Å². The van der Waals surface area contributed by atoms with Crippen LogP contribution in [0.15, 0.2) is 36.7 Å². The summed E-state index contributed by atoms with van der Waals surface area (Å²) in [5.74, 6) is 0.653. The zero-order valence-corrected chi connectivity index (χ0v) is 20.0. The number of benzene rings is 1. The summed E-state index contributed by atoms with van der Waals surface area (Å²) in [6.45, 7) is 6.52. The van der Waals surface area contributed by atoms with Gasteiger partial charge in [0.25, 0.3) is 0 Å². The van der Waals surface area contributed by atoms with E-state index in [2.05, 4.69) is 30.7 Å². The van der Waals surface area contributed by atoms with Crippen molar-refractivity contribution in [3.8, 4) is 11.3 Å². The quantitative estimate of drug-likeness (QED) is 0.202. The Kier molecular flexibility index (Phi) is 12.1. The van der Waals surface area contributed by atoms with Gasteiger partial charge in [-0.1, -0.05) is 109 Å². The highest BCUT2D eigenvalue weighted by molar-refractivity contribution is 5.96. The summed E-state index contributed by atoms with van der Waals surface area (Å²) in [5.41, 5.74) is 3.74. The van der Waals surface area contributed by atoms with Crippen LogP contribution in [0, 0.1) is 5.92 Å². The Morgan fingerprint density at radius 1 is 0.806 bits per heavy atom. The summed E-state index contributed by atoms with van der Waals surface area (Å²) in [4.78, 5) is 21.5. The van der Waals surface area contributed by atoms with E-state index in [0.29, 0.717) is 12.3 Å². The maximum atomic E-state index is 12.3. The highest BCUT2D eigenvalue weighted by atomic mass is 16.1. The average Bonchev–Trinajstić information content (AvgIpc) is 2.80. The second-order valence-corrected chi connectivity index (χ2v) is 9.04. The molecule has 0 amide bonds. The van der Waals surface area contributed by atoms with E-state index in [1.807, 2.05) is 36.7 Å². The number of hydrogen-bond acceptors (Lipinski definition) is 3. The molecule has 0 aliphatic heterocycles. The fourth-order valence-corrected chi connectivity index (χ4v) is 3.83. The van der Waals surface area contributed by atoms with Crippen LogP contribution in [-0.4, -0.2) is 15.8 Å². The van der Waals surface area contributed by atoms with E-state index >= 15 is 0 Å². The Morgan fingerprint density at radius 2 is 1.42 bits per heavy atom. The third-order valence-corrected chi connectivity index (χ3v) is 6.23. The Morgan fingerprint density at radius 3 is 1.97 bits per heavy atom. The summed E-state index contributed by atoms with van der Waals surface area (Å²) in [5, 5.41) is 0. The minimum atomic E-state index is 0.221. The molecule has 1 aromatic carbocycles. The molecule has 0 N–H and O–H groups in total. The first kappa shape index (κ1) is 25.2. The maximum Gasteiger partial charge on any atom is 0.163 e. The van der Waals surface area contributed by atoms with Gasteiger partial charge in [0, 0.05) is 23.7 Å². The number of aromatic nitrogens is 2. The number of unbranched alkanes of at least 4 members (excludes halogenated alkanes) is 9. The summed E-state index contributed by atoms with van der Waals surface area (Å²) in [6.07, 6.45) is 19.9. The van der Waals surface area contributed by atoms with Gasteiger partial charge in [-0.15, -0.1) is 0 Å². The number of carbonyl (C=O) groups is 1. The Balaban J connectivity index is 1.69. The van der Waals surface area contributed by atoms with Crippen molar-refractivity contribution >= 4 is 5.78 Å². The van der Waals surface area contributed by atoms with Gasteiger partial charge in [-0.05, 0) is 18.8 Å². The fourth-order valence-electron chi connectivity index (χ4n) is 3.83. The molecule has 0 saturated heterocycles. The van der Waals surface area contributed by atoms with Crippen molar-refractivity contribution in [2.45, 2.75) is 104 Å². The minimum Gasteiger partial charge on any atom is -0.294 e. The van der Waals surface area contributed by atoms with E-state index in [9.17, 15) is 4.79 Å². The van der Waals surface area contributed by atoms with Crippen LogP contribution in [-0.2, 0) is 6.42 Å². The predicted octanol–water partition coefficient (Wildman–Crippen LogP) is 8.23. The molecule has 2 aromatic rings. The average molecular weight is 423 g/mol. The standard InChI is InChI=1S/C28H42N2O/c1-4-6-7-8-9-10-11-12-13-14-15-26-21-30-27(22-29-26)24-16-18-25(19-17-24)28(31)20-23(3)5-2/h16-19,21-23H,4-15,20H2,1-3H3. The lowest BCUT2D eigenvalue weighted by Crippen LogP contribution is -2.05. The summed E-state index contributed by atoms with van der Waals surface area (Å²) in [7, 11) is 0. The molecule has 2 rings (SSSR count). The lowest BCUT2D eigenvalue weighted by molar-refractivity contribution is 0.0963. The smallest absolute Gasteiger partial charge is 0.163 e. The molecular formula is C28H42N2O. The number of rotatable bonds is 16. The van der Waals surface area contributed by atoms with E-state index in [0.717, 1.165) is 35.4 Å². The van der Waals surface area contributed by atoms with E-state index in [4.69, 9.17) is 0 Å². The third-order valence-electron chi connectivity index (χ3n) is 6.23. The molecule has 31 heavy (non-hydrogen) atoms. The molecule has 170 valence electrons. The normalized spacial score (nSPS) is 12.1. The second-order valence-electron chi connectivity index (χ2n) is 9.04. The SMILES string of the molecule is CCCCCCCCCCCCc1cnc(-c2ccc(C(=O)CC(C)CC)cc2)cn1. The second kappa shape index (κ2) is 14.9. The molecule has 0 aliphatic carbocycles. The molecule has 0 saturated carbocycles. The number of aryl methyl sites for hydroxylation is 1. The molecule has 1 aromatic heterocycles. The zero-order chi connectivity index (χ0) is 22.3. The zero-order valence-electron chi connectivity index (χ0n) is 20.0. The maximum absolute atomic E-state index is 12.3. The first-order chi connectivity index (χ1) is 15.1. The van der Waals surface area contributed by atoms with Gasteiger partial charge in [0.2, 0.25) is 0 Å². The molecule has 3 nitrogen and oxygen atoms in total. The van der Waals surface area contributed by atoms with Gasteiger partial charge in [0.1, 0.15) is 0 Å². The van der Waals surface area contributed by atoms with Crippen molar-refractivity contribution in [1.82, 2.24) is 9.97 Å². The van der Waals surface area contributed by atoms with Crippen LogP contribution in [0.3, 0.4) is 0 Å². The molecule has 0 fully saturated rings. The summed E-state index contributed by atoms with van der Waals surface area (Å²) < 4.78 is 0. The van der Waals surface area contributed by atoms with Crippen LogP contribution in [0.5, 0.6) is 0 Å².